The molecule has 63 heavy (non-hydrogen) atoms. The van der Waals surface area contributed by atoms with E-state index < -0.39 is 20.0 Å². The molecule has 8 nitrogen and oxygen atoms in total. The van der Waals surface area contributed by atoms with E-state index in [1.807, 2.05) is 27.2 Å². The molecule has 0 aromatic rings. The van der Waals surface area contributed by atoms with Gasteiger partial charge in [0.05, 0.1) is 39.9 Å². The molecule has 0 saturated carbocycles. The molecule has 3 N–H and O–H groups in total. The lowest BCUT2D eigenvalue weighted by Crippen LogP contribution is -2.45. The van der Waals surface area contributed by atoms with E-state index in [9.17, 15) is 19.4 Å². The minimum atomic E-state index is -4.35. The Kier molecular flexibility index (Phi) is 44.5. The zero-order valence-electron chi connectivity index (χ0n) is 42.1. The van der Waals surface area contributed by atoms with Crippen molar-refractivity contribution in [3.63, 3.8) is 0 Å². The number of unbranched alkanes of at least 4 members (excludes halogenated alkanes) is 29. The summed E-state index contributed by atoms with van der Waals surface area (Å²) in [5, 5.41) is 13.9. The van der Waals surface area contributed by atoms with E-state index in [0.717, 1.165) is 64.2 Å². The smallest absolute Gasteiger partial charge is 0.387 e. The van der Waals surface area contributed by atoms with Crippen molar-refractivity contribution >= 4 is 13.7 Å². The first-order valence-corrected chi connectivity index (χ1v) is 28.0. The molecular weight excluding hydrogens is 804 g/mol. The summed E-state index contributed by atoms with van der Waals surface area (Å²) in [6.45, 7) is 4.79. The van der Waals surface area contributed by atoms with Gasteiger partial charge in [0.2, 0.25) is 5.91 Å². The van der Waals surface area contributed by atoms with Crippen LogP contribution < -0.4 is 5.32 Å². The van der Waals surface area contributed by atoms with Gasteiger partial charge in [-0.25, -0.2) is 4.57 Å². The van der Waals surface area contributed by atoms with E-state index in [0.29, 0.717) is 17.4 Å². The van der Waals surface area contributed by atoms with Crippen molar-refractivity contribution in [1.29, 1.82) is 0 Å². The minimum Gasteiger partial charge on any atom is -0.387 e. The molecule has 0 aliphatic carbocycles. The predicted molar refractivity (Wildman–Crippen MR) is 272 cm³/mol. The number of allylic oxidation sites excluding steroid dienone is 7. The van der Waals surface area contributed by atoms with Crippen molar-refractivity contribution in [2.45, 2.75) is 251 Å². The topological polar surface area (TPSA) is 105 Å². The standard InChI is InChI=1S/C54H103N2O6P/c1-6-8-10-12-14-16-18-20-22-24-26-27-28-30-31-33-35-37-39-41-43-45-47-53(57)52(51-62-63(59,60)61-50-49-56(3,4)5)55-54(58)48-46-44-42-40-38-36-34-32-29-25-23-21-19-17-15-13-11-9-7-2/h15,17,21,23,29,32,45,47,52-53,57H,6-14,16,18-20,22,24-28,30-31,33-44,46,48-51H2,1-5H3,(H-,55,58,59,60)/p+1/b17-15-,23-21-,32-29-,47-45+. The molecule has 0 radical (unpaired) electrons. The van der Waals surface area contributed by atoms with Crippen LogP contribution in [0.4, 0.5) is 0 Å². The number of hydrogen-bond acceptors (Lipinski definition) is 5. The Balaban J connectivity index is 4.32. The molecule has 0 heterocycles. The van der Waals surface area contributed by atoms with E-state index in [2.05, 4.69) is 55.6 Å². The van der Waals surface area contributed by atoms with Crippen LogP contribution in [-0.4, -0.2) is 73.4 Å². The van der Waals surface area contributed by atoms with Crippen LogP contribution in [0.3, 0.4) is 0 Å². The Labute approximate surface area is 390 Å². The Morgan fingerprint density at radius 3 is 1.35 bits per heavy atom. The Hall–Kier alpha value is -1.54. The Bertz CT molecular complexity index is 1170. The van der Waals surface area contributed by atoms with Crippen LogP contribution in [0.5, 0.6) is 0 Å². The van der Waals surface area contributed by atoms with Crippen molar-refractivity contribution in [2.75, 3.05) is 40.9 Å². The largest absolute Gasteiger partial charge is 0.472 e. The monoisotopic (exact) mass is 908 g/mol. The normalized spacial score (nSPS) is 14.5. The first-order valence-electron chi connectivity index (χ1n) is 26.5. The van der Waals surface area contributed by atoms with Crippen LogP contribution in [0.25, 0.3) is 0 Å². The van der Waals surface area contributed by atoms with E-state index >= 15 is 0 Å². The summed E-state index contributed by atoms with van der Waals surface area (Å²) in [6.07, 6.45) is 59.0. The van der Waals surface area contributed by atoms with Crippen LogP contribution in [-0.2, 0) is 18.4 Å². The number of quaternary nitrogens is 1. The zero-order chi connectivity index (χ0) is 46.4. The molecule has 0 aliphatic heterocycles. The van der Waals surface area contributed by atoms with Crippen LogP contribution in [0.1, 0.15) is 239 Å². The molecule has 3 unspecified atom stereocenters. The minimum absolute atomic E-state index is 0.0576. The number of carbonyl (C=O) groups excluding carboxylic acids is 1. The van der Waals surface area contributed by atoms with Gasteiger partial charge in [0.25, 0.3) is 0 Å². The van der Waals surface area contributed by atoms with Gasteiger partial charge in [-0.05, 0) is 57.8 Å². The third-order valence-electron chi connectivity index (χ3n) is 11.8. The fourth-order valence-corrected chi connectivity index (χ4v) is 8.31. The third kappa shape index (κ3) is 48.2. The molecule has 9 heteroatoms. The maximum absolute atomic E-state index is 12.9. The average molecular weight is 908 g/mol. The lowest BCUT2D eigenvalue weighted by Gasteiger charge is -2.25. The van der Waals surface area contributed by atoms with Crippen LogP contribution >= 0.6 is 7.82 Å². The van der Waals surface area contributed by atoms with Gasteiger partial charge in [-0.3, -0.25) is 13.8 Å². The SMILES string of the molecule is CCCCC/C=C\C/C=C\C/C=C\CCCCCCCCC(=O)NC(COP(=O)(O)OCC[N+](C)(C)C)C(O)/C=C/CCCCCCCCCCCCCCCCCCCCCC. The molecule has 370 valence electrons. The number of phosphoric ester groups is 1. The molecular formula is C54H104N2O6P+. The predicted octanol–water partition coefficient (Wildman–Crippen LogP) is 15.6. The van der Waals surface area contributed by atoms with Gasteiger partial charge >= 0.3 is 7.82 Å². The zero-order valence-corrected chi connectivity index (χ0v) is 43.0. The number of nitrogens with zero attached hydrogens (tertiary/aromatic N) is 1. The maximum atomic E-state index is 12.9. The number of aliphatic hydroxyl groups is 1. The molecule has 0 aromatic carbocycles. The molecule has 0 aliphatic rings. The summed E-state index contributed by atoms with van der Waals surface area (Å²) in [5.74, 6) is -0.189. The Morgan fingerprint density at radius 2 is 0.905 bits per heavy atom. The average Bonchev–Trinajstić information content (AvgIpc) is 3.24. The fourth-order valence-electron chi connectivity index (χ4n) is 7.58. The van der Waals surface area contributed by atoms with Crippen LogP contribution in [0, 0.1) is 0 Å². The molecule has 0 aromatic heterocycles. The summed E-state index contributed by atoms with van der Waals surface area (Å²) >= 11 is 0. The second-order valence-electron chi connectivity index (χ2n) is 19.3. The highest BCUT2D eigenvalue weighted by molar-refractivity contribution is 7.47. The molecule has 3 atom stereocenters. The van der Waals surface area contributed by atoms with Crippen LogP contribution in [0.2, 0.25) is 0 Å². The quantitative estimate of drug-likeness (QED) is 0.0243. The molecule has 1 amide bonds. The summed E-state index contributed by atoms with van der Waals surface area (Å²) < 4.78 is 23.7. The molecule has 0 spiro atoms. The molecule has 0 rings (SSSR count). The fraction of sp³-hybridized carbons (Fsp3) is 0.833. The van der Waals surface area contributed by atoms with Crippen molar-refractivity contribution in [3.05, 3.63) is 48.6 Å². The van der Waals surface area contributed by atoms with Gasteiger partial charge in [0, 0.05) is 6.42 Å². The number of carbonyl (C=O) groups is 1. The first kappa shape index (κ1) is 61.5. The van der Waals surface area contributed by atoms with Gasteiger partial charge in [-0.1, -0.05) is 223 Å². The number of aliphatic hydroxyl groups excluding tert-OH is 1. The number of nitrogens with one attached hydrogen (secondary N) is 1. The second-order valence-corrected chi connectivity index (χ2v) is 20.7. The lowest BCUT2D eigenvalue weighted by molar-refractivity contribution is -0.870. The highest BCUT2D eigenvalue weighted by Crippen LogP contribution is 2.43. The number of phosphoric acid groups is 1. The van der Waals surface area contributed by atoms with Gasteiger partial charge in [-0.2, -0.15) is 0 Å². The molecule has 0 bridgehead atoms. The van der Waals surface area contributed by atoms with E-state index in [4.69, 9.17) is 9.05 Å². The van der Waals surface area contributed by atoms with Crippen molar-refractivity contribution in [1.82, 2.24) is 5.32 Å². The Morgan fingerprint density at radius 1 is 0.540 bits per heavy atom. The third-order valence-corrected chi connectivity index (χ3v) is 12.8. The van der Waals surface area contributed by atoms with Gasteiger partial charge in [-0.15, -0.1) is 0 Å². The summed E-state index contributed by atoms with van der Waals surface area (Å²) in [5.41, 5.74) is 0. The van der Waals surface area contributed by atoms with Crippen LogP contribution in [0.15, 0.2) is 48.6 Å². The van der Waals surface area contributed by atoms with E-state index in [1.54, 1.807) is 6.08 Å². The second kappa shape index (κ2) is 45.6. The maximum Gasteiger partial charge on any atom is 0.472 e. The highest BCUT2D eigenvalue weighted by Gasteiger charge is 2.27. The number of amides is 1. The summed E-state index contributed by atoms with van der Waals surface area (Å²) in [7, 11) is 1.56. The molecule has 0 saturated heterocycles. The van der Waals surface area contributed by atoms with Gasteiger partial charge in [0.15, 0.2) is 0 Å². The van der Waals surface area contributed by atoms with E-state index in [-0.39, 0.29) is 19.1 Å². The summed E-state index contributed by atoms with van der Waals surface area (Å²) in [6, 6.07) is -0.855. The van der Waals surface area contributed by atoms with Crippen molar-refractivity contribution in [3.8, 4) is 0 Å². The highest BCUT2D eigenvalue weighted by atomic mass is 31.2. The number of likely N-dealkylation sites (N-methyl/N-ethyl adjacent to an activating group) is 1. The molecule has 0 fully saturated rings. The number of rotatable bonds is 48. The van der Waals surface area contributed by atoms with Gasteiger partial charge in [0.1, 0.15) is 13.2 Å². The first-order chi connectivity index (χ1) is 30.5. The van der Waals surface area contributed by atoms with Crippen molar-refractivity contribution < 1.29 is 32.9 Å². The van der Waals surface area contributed by atoms with Gasteiger partial charge < -0.3 is 19.8 Å². The number of hydrogen-bond donors (Lipinski definition) is 3. The summed E-state index contributed by atoms with van der Waals surface area (Å²) in [4.78, 5) is 23.2. The van der Waals surface area contributed by atoms with E-state index in [1.165, 1.54) is 154 Å². The van der Waals surface area contributed by atoms with Crippen molar-refractivity contribution in [2.24, 2.45) is 0 Å². The lowest BCUT2D eigenvalue weighted by atomic mass is 10.0.